The summed E-state index contributed by atoms with van der Waals surface area (Å²) in [6.07, 6.45) is 1.49. The molecule has 6 rings (SSSR count). The average Bonchev–Trinajstić information content (AvgIpc) is 3.60. The standard InChI is InChI=1S/C34H26Cl2F2N4O3/c1-19(43)26-17-41(33-22(7-4-9-25(26)33)20-12-13-30(36)39-15-20)18-31(44)42-16-21(37)14-29(42)34(45)40-28-11-5-8-24(32(28)38)23-6-2-3-10-27(23)35/h2-13,15,17,21,29H,14,16,18H2,1H3,(H,40,45). The zero-order valence-electron chi connectivity index (χ0n) is 23.9. The Labute approximate surface area is 267 Å². The molecular weight excluding hydrogens is 621 g/mol. The quantitative estimate of drug-likeness (QED) is 0.146. The highest BCUT2D eigenvalue weighted by atomic mass is 35.5. The number of benzene rings is 3. The van der Waals surface area contributed by atoms with Crippen molar-refractivity contribution >= 4 is 57.4 Å². The van der Waals surface area contributed by atoms with Gasteiger partial charge in [0.25, 0.3) is 0 Å². The van der Waals surface area contributed by atoms with Gasteiger partial charge in [-0.15, -0.1) is 0 Å². The van der Waals surface area contributed by atoms with E-state index in [0.717, 1.165) is 5.56 Å². The van der Waals surface area contributed by atoms with Gasteiger partial charge in [0, 0.05) is 57.0 Å². The van der Waals surface area contributed by atoms with Crippen molar-refractivity contribution in [2.45, 2.75) is 32.1 Å². The summed E-state index contributed by atoms with van der Waals surface area (Å²) in [7, 11) is 0. The molecule has 1 saturated heterocycles. The number of hydrogen-bond donors (Lipinski definition) is 1. The summed E-state index contributed by atoms with van der Waals surface area (Å²) in [6.45, 7) is 0.867. The van der Waals surface area contributed by atoms with Crippen LogP contribution in [0.25, 0.3) is 33.2 Å². The SMILES string of the molecule is CC(=O)c1cn(CC(=O)N2CC(F)CC2C(=O)Nc2cccc(-c3ccccc3Cl)c2F)c2c(-c3ccc(Cl)nc3)cccc12. The van der Waals surface area contributed by atoms with Crippen LogP contribution in [0.2, 0.25) is 10.2 Å². The molecule has 5 aromatic rings. The van der Waals surface area contributed by atoms with E-state index in [9.17, 15) is 18.8 Å². The van der Waals surface area contributed by atoms with Crippen LogP contribution >= 0.6 is 23.2 Å². The summed E-state index contributed by atoms with van der Waals surface area (Å²) < 4.78 is 32.0. The third-order valence-corrected chi connectivity index (χ3v) is 8.47. The first kappa shape index (κ1) is 30.4. The van der Waals surface area contributed by atoms with Gasteiger partial charge in [0.15, 0.2) is 11.6 Å². The van der Waals surface area contributed by atoms with E-state index in [1.807, 2.05) is 6.07 Å². The lowest BCUT2D eigenvalue weighted by atomic mass is 10.0. The van der Waals surface area contributed by atoms with E-state index in [-0.39, 0.29) is 36.5 Å². The lowest BCUT2D eigenvalue weighted by Crippen LogP contribution is -2.44. The van der Waals surface area contributed by atoms with E-state index < -0.39 is 29.8 Å². The fourth-order valence-electron chi connectivity index (χ4n) is 5.81. The molecule has 0 spiro atoms. The largest absolute Gasteiger partial charge is 0.337 e. The van der Waals surface area contributed by atoms with Gasteiger partial charge in [0.2, 0.25) is 11.8 Å². The Morgan fingerprint density at radius 1 is 0.956 bits per heavy atom. The zero-order chi connectivity index (χ0) is 31.8. The average molecular weight is 648 g/mol. The van der Waals surface area contributed by atoms with Gasteiger partial charge < -0.3 is 14.8 Å². The predicted octanol–water partition coefficient (Wildman–Crippen LogP) is 7.60. The summed E-state index contributed by atoms with van der Waals surface area (Å²) in [6, 6.07) is 18.9. The Hall–Kier alpha value is -4.60. The number of fused-ring (bicyclic) bond motifs is 1. The molecule has 2 atom stereocenters. The van der Waals surface area contributed by atoms with Gasteiger partial charge >= 0.3 is 0 Å². The molecule has 2 aromatic heterocycles. The van der Waals surface area contributed by atoms with Crippen molar-refractivity contribution in [1.29, 1.82) is 0 Å². The number of ketones is 1. The number of pyridine rings is 1. The number of amides is 2. The van der Waals surface area contributed by atoms with E-state index in [1.165, 1.54) is 17.9 Å². The zero-order valence-corrected chi connectivity index (χ0v) is 25.4. The maximum Gasteiger partial charge on any atom is 0.247 e. The van der Waals surface area contributed by atoms with Gasteiger partial charge in [0.1, 0.15) is 23.9 Å². The number of anilines is 1. The van der Waals surface area contributed by atoms with E-state index in [2.05, 4.69) is 10.3 Å². The molecule has 2 unspecified atom stereocenters. The fourth-order valence-corrected chi connectivity index (χ4v) is 6.16. The maximum absolute atomic E-state index is 15.6. The normalized spacial score (nSPS) is 16.2. The second-order valence-corrected chi connectivity index (χ2v) is 11.6. The Balaban J connectivity index is 1.29. The molecule has 0 radical (unpaired) electrons. The van der Waals surface area contributed by atoms with Gasteiger partial charge in [-0.05, 0) is 31.2 Å². The number of aromatic nitrogens is 2. The molecule has 11 heteroatoms. The van der Waals surface area contributed by atoms with Crippen molar-refractivity contribution in [3.05, 3.63) is 107 Å². The van der Waals surface area contributed by atoms with Crippen molar-refractivity contribution in [3.8, 4) is 22.3 Å². The molecule has 1 fully saturated rings. The number of likely N-dealkylation sites (tertiary alicyclic amines) is 1. The minimum absolute atomic E-state index is 0.115. The van der Waals surface area contributed by atoms with E-state index in [0.29, 0.717) is 37.8 Å². The molecule has 0 aliphatic carbocycles. The third kappa shape index (κ3) is 5.93. The van der Waals surface area contributed by atoms with Crippen LogP contribution in [0.5, 0.6) is 0 Å². The van der Waals surface area contributed by atoms with Crippen LogP contribution in [0.15, 0.2) is 85.2 Å². The van der Waals surface area contributed by atoms with Crippen LogP contribution in [0.3, 0.4) is 0 Å². The lowest BCUT2D eigenvalue weighted by molar-refractivity contribution is -0.137. The number of alkyl halides is 1. The van der Waals surface area contributed by atoms with E-state index in [1.54, 1.807) is 77.6 Å². The van der Waals surface area contributed by atoms with Crippen LogP contribution in [-0.2, 0) is 16.1 Å². The first-order valence-electron chi connectivity index (χ1n) is 14.1. The van der Waals surface area contributed by atoms with Crippen LogP contribution in [0.1, 0.15) is 23.7 Å². The number of halogens is 4. The highest BCUT2D eigenvalue weighted by Gasteiger charge is 2.40. The van der Waals surface area contributed by atoms with Crippen LogP contribution in [0, 0.1) is 5.82 Å². The molecule has 45 heavy (non-hydrogen) atoms. The third-order valence-electron chi connectivity index (χ3n) is 7.92. The highest BCUT2D eigenvalue weighted by molar-refractivity contribution is 6.33. The monoisotopic (exact) mass is 646 g/mol. The van der Waals surface area contributed by atoms with Crippen LogP contribution in [0.4, 0.5) is 14.5 Å². The molecule has 1 N–H and O–H groups in total. The summed E-state index contributed by atoms with van der Waals surface area (Å²) in [5, 5.41) is 3.84. The number of nitrogens with zero attached hydrogens (tertiary/aromatic N) is 3. The van der Waals surface area contributed by atoms with Crippen molar-refractivity contribution in [1.82, 2.24) is 14.5 Å². The second-order valence-electron chi connectivity index (χ2n) is 10.8. The van der Waals surface area contributed by atoms with Crippen LogP contribution in [-0.4, -0.2) is 50.8 Å². The minimum Gasteiger partial charge on any atom is -0.337 e. The highest BCUT2D eigenvalue weighted by Crippen LogP contribution is 2.35. The van der Waals surface area contributed by atoms with Crippen molar-refractivity contribution in [2.24, 2.45) is 0 Å². The molecule has 0 bridgehead atoms. The number of nitrogens with one attached hydrogen (secondary N) is 1. The van der Waals surface area contributed by atoms with E-state index >= 15 is 4.39 Å². The molecule has 2 amide bonds. The molecule has 7 nitrogen and oxygen atoms in total. The molecular formula is C34H26Cl2F2N4O3. The van der Waals surface area contributed by atoms with Crippen molar-refractivity contribution in [3.63, 3.8) is 0 Å². The topological polar surface area (TPSA) is 84.3 Å². The summed E-state index contributed by atoms with van der Waals surface area (Å²) in [4.78, 5) is 45.0. The number of Topliss-reactive ketones (excluding diaryl/α,β-unsaturated/α-hetero) is 1. The smallest absolute Gasteiger partial charge is 0.247 e. The van der Waals surface area contributed by atoms with Crippen molar-refractivity contribution < 1.29 is 23.2 Å². The van der Waals surface area contributed by atoms with Gasteiger partial charge in [0.05, 0.1) is 17.7 Å². The molecule has 1 aliphatic heterocycles. The number of carbonyl (C=O) groups is 3. The lowest BCUT2D eigenvalue weighted by Gasteiger charge is -2.24. The number of hydrogen-bond acceptors (Lipinski definition) is 4. The van der Waals surface area contributed by atoms with Gasteiger partial charge in [-0.25, -0.2) is 13.8 Å². The molecule has 1 aliphatic rings. The second kappa shape index (κ2) is 12.4. The molecule has 3 heterocycles. The van der Waals surface area contributed by atoms with Crippen LogP contribution < -0.4 is 5.32 Å². The predicted molar refractivity (Wildman–Crippen MR) is 171 cm³/mol. The van der Waals surface area contributed by atoms with E-state index in [4.69, 9.17) is 23.2 Å². The summed E-state index contributed by atoms with van der Waals surface area (Å²) >= 11 is 12.3. The summed E-state index contributed by atoms with van der Waals surface area (Å²) in [5.74, 6) is -2.14. The van der Waals surface area contributed by atoms with Gasteiger partial charge in [-0.3, -0.25) is 14.4 Å². The first-order chi connectivity index (χ1) is 21.6. The Kier molecular flexibility index (Phi) is 8.40. The summed E-state index contributed by atoms with van der Waals surface area (Å²) in [5.41, 5.74) is 2.97. The molecule has 0 saturated carbocycles. The fraction of sp³-hybridized carbons (Fsp3) is 0.176. The first-order valence-corrected chi connectivity index (χ1v) is 14.9. The van der Waals surface area contributed by atoms with Crippen molar-refractivity contribution in [2.75, 3.05) is 11.9 Å². The number of carbonyl (C=O) groups excluding carboxylic acids is 3. The minimum atomic E-state index is -1.45. The maximum atomic E-state index is 15.6. The number of para-hydroxylation sites is 1. The van der Waals surface area contributed by atoms with Gasteiger partial charge in [-0.1, -0.05) is 71.7 Å². The molecule has 228 valence electrons. The Morgan fingerprint density at radius 3 is 2.42 bits per heavy atom. The Bertz CT molecular complexity index is 1960. The Morgan fingerprint density at radius 2 is 1.69 bits per heavy atom. The number of rotatable bonds is 7. The molecule has 3 aromatic carbocycles. The van der Waals surface area contributed by atoms with Gasteiger partial charge in [-0.2, -0.15) is 0 Å².